The second kappa shape index (κ2) is 6.33. The minimum Gasteiger partial charge on any atom is -0.369 e. The third kappa shape index (κ3) is 6.61. The first-order valence-electron chi connectivity index (χ1n) is 6.35. The fraction of sp³-hybridized carbons (Fsp3) is 0.917. The number of carbonyl (C=O) groups excluding carboxylic acids is 1. The average Bonchev–Trinajstić information content (AvgIpc) is 2.18. The Balaban J connectivity index is 2.13. The van der Waals surface area contributed by atoms with Gasteiger partial charge in [-0.25, -0.2) is 0 Å². The van der Waals surface area contributed by atoms with Gasteiger partial charge in [0.2, 0.25) is 5.91 Å². The summed E-state index contributed by atoms with van der Waals surface area (Å²) >= 11 is 0. The summed E-state index contributed by atoms with van der Waals surface area (Å²) in [6.45, 7) is 13.0. The maximum absolute atomic E-state index is 10.8. The van der Waals surface area contributed by atoms with Crippen LogP contribution in [-0.4, -0.2) is 67.1 Å². The van der Waals surface area contributed by atoms with E-state index in [1.165, 1.54) is 0 Å². The van der Waals surface area contributed by atoms with Crippen molar-refractivity contribution in [2.45, 2.75) is 26.3 Å². The highest BCUT2D eigenvalue weighted by Crippen LogP contribution is 2.02. The summed E-state index contributed by atoms with van der Waals surface area (Å²) in [5.41, 5.74) is 5.37. The quantitative estimate of drug-likeness (QED) is 0.681. The Bertz CT molecular complexity index is 241. The molecule has 100 valence electrons. The molecule has 1 amide bonds. The predicted octanol–water partition coefficient (Wildman–Crippen LogP) is -0.523. The van der Waals surface area contributed by atoms with Crippen molar-refractivity contribution >= 4 is 5.91 Å². The molecule has 0 spiro atoms. The van der Waals surface area contributed by atoms with Crippen LogP contribution >= 0.6 is 0 Å². The number of nitrogens with two attached hydrogens (primary N) is 1. The van der Waals surface area contributed by atoms with E-state index in [0.29, 0.717) is 6.54 Å². The van der Waals surface area contributed by atoms with Gasteiger partial charge in [-0.2, -0.15) is 0 Å². The lowest BCUT2D eigenvalue weighted by Gasteiger charge is -2.34. The number of nitrogens with one attached hydrogen (secondary N) is 1. The SMILES string of the molecule is CC(C)(C)NCCN1CCN(CC(N)=O)CC1. The molecule has 1 saturated heterocycles. The molecule has 5 nitrogen and oxygen atoms in total. The zero-order chi connectivity index (χ0) is 12.9. The van der Waals surface area contributed by atoms with E-state index >= 15 is 0 Å². The molecule has 17 heavy (non-hydrogen) atoms. The highest BCUT2D eigenvalue weighted by molar-refractivity contribution is 5.75. The van der Waals surface area contributed by atoms with Crippen molar-refractivity contribution in [1.29, 1.82) is 0 Å². The molecule has 0 aromatic rings. The van der Waals surface area contributed by atoms with Gasteiger partial charge >= 0.3 is 0 Å². The minimum atomic E-state index is -0.229. The van der Waals surface area contributed by atoms with E-state index in [0.717, 1.165) is 39.3 Å². The summed E-state index contributed by atoms with van der Waals surface area (Å²) in [6, 6.07) is 0. The van der Waals surface area contributed by atoms with Gasteiger partial charge < -0.3 is 11.1 Å². The summed E-state index contributed by atoms with van der Waals surface area (Å²) in [5.74, 6) is -0.229. The molecule has 0 aliphatic carbocycles. The monoisotopic (exact) mass is 242 g/mol. The van der Waals surface area contributed by atoms with Gasteiger partial charge in [0.15, 0.2) is 0 Å². The predicted molar refractivity (Wildman–Crippen MR) is 69.8 cm³/mol. The number of carbonyl (C=O) groups is 1. The van der Waals surface area contributed by atoms with E-state index in [9.17, 15) is 4.79 Å². The molecule has 0 radical (unpaired) electrons. The molecule has 0 aromatic heterocycles. The van der Waals surface area contributed by atoms with Crippen LogP contribution in [0.2, 0.25) is 0 Å². The van der Waals surface area contributed by atoms with Gasteiger partial charge in [-0.15, -0.1) is 0 Å². The lowest BCUT2D eigenvalue weighted by atomic mass is 10.1. The van der Waals surface area contributed by atoms with Crippen molar-refractivity contribution in [3.63, 3.8) is 0 Å². The molecule has 1 aliphatic heterocycles. The number of hydrogen-bond acceptors (Lipinski definition) is 4. The molecule has 1 aliphatic rings. The zero-order valence-electron chi connectivity index (χ0n) is 11.3. The fourth-order valence-electron chi connectivity index (χ4n) is 1.98. The molecule has 0 aromatic carbocycles. The van der Waals surface area contributed by atoms with Gasteiger partial charge in [0, 0.05) is 44.8 Å². The van der Waals surface area contributed by atoms with E-state index in [1.807, 2.05) is 0 Å². The highest BCUT2D eigenvalue weighted by atomic mass is 16.1. The Kier molecular flexibility index (Phi) is 5.36. The van der Waals surface area contributed by atoms with Crippen LogP contribution in [0, 0.1) is 0 Å². The highest BCUT2D eigenvalue weighted by Gasteiger charge is 2.18. The minimum absolute atomic E-state index is 0.188. The number of rotatable bonds is 5. The van der Waals surface area contributed by atoms with Crippen molar-refractivity contribution in [2.75, 3.05) is 45.8 Å². The second-order valence-electron chi connectivity index (χ2n) is 5.76. The normalized spacial score (nSPS) is 19.5. The molecule has 1 fully saturated rings. The van der Waals surface area contributed by atoms with E-state index < -0.39 is 0 Å². The van der Waals surface area contributed by atoms with Gasteiger partial charge in [-0.3, -0.25) is 14.6 Å². The van der Waals surface area contributed by atoms with Gasteiger partial charge in [-0.1, -0.05) is 0 Å². The summed E-state index contributed by atoms with van der Waals surface area (Å²) in [4.78, 5) is 15.3. The van der Waals surface area contributed by atoms with E-state index in [-0.39, 0.29) is 11.4 Å². The molecule has 5 heteroatoms. The van der Waals surface area contributed by atoms with E-state index in [4.69, 9.17) is 5.73 Å². The van der Waals surface area contributed by atoms with E-state index in [2.05, 4.69) is 35.9 Å². The maximum atomic E-state index is 10.8. The lowest BCUT2D eigenvalue weighted by molar-refractivity contribution is -0.119. The molecule has 1 heterocycles. The Labute approximate surface area is 104 Å². The van der Waals surface area contributed by atoms with Crippen molar-refractivity contribution in [1.82, 2.24) is 15.1 Å². The Morgan fingerprint density at radius 2 is 1.71 bits per heavy atom. The van der Waals surface area contributed by atoms with Gasteiger partial charge in [-0.05, 0) is 20.8 Å². The Morgan fingerprint density at radius 1 is 1.18 bits per heavy atom. The topological polar surface area (TPSA) is 61.6 Å². The first kappa shape index (κ1) is 14.4. The first-order chi connectivity index (χ1) is 7.87. The number of piperazine rings is 1. The summed E-state index contributed by atoms with van der Waals surface area (Å²) in [6.07, 6.45) is 0. The molecule has 0 unspecified atom stereocenters. The third-order valence-corrected chi connectivity index (χ3v) is 2.93. The fourth-order valence-corrected chi connectivity index (χ4v) is 1.98. The zero-order valence-corrected chi connectivity index (χ0v) is 11.3. The first-order valence-corrected chi connectivity index (χ1v) is 6.35. The van der Waals surface area contributed by atoms with Crippen molar-refractivity contribution in [3.05, 3.63) is 0 Å². The number of amides is 1. The van der Waals surface area contributed by atoms with Crippen LogP contribution in [-0.2, 0) is 4.79 Å². The molecule has 3 N–H and O–H groups in total. The largest absolute Gasteiger partial charge is 0.369 e. The summed E-state index contributed by atoms with van der Waals surface area (Å²) in [5, 5.41) is 3.48. The average molecular weight is 242 g/mol. The lowest BCUT2D eigenvalue weighted by Crippen LogP contribution is -2.51. The third-order valence-electron chi connectivity index (χ3n) is 2.93. The second-order valence-corrected chi connectivity index (χ2v) is 5.76. The molecule has 0 saturated carbocycles. The smallest absolute Gasteiger partial charge is 0.231 e. The maximum Gasteiger partial charge on any atom is 0.231 e. The van der Waals surface area contributed by atoms with Crippen molar-refractivity contribution < 1.29 is 4.79 Å². The molecule has 0 bridgehead atoms. The van der Waals surface area contributed by atoms with Crippen LogP contribution in [0.4, 0.5) is 0 Å². The van der Waals surface area contributed by atoms with Crippen LogP contribution in [0.1, 0.15) is 20.8 Å². The number of hydrogen-bond donors (Lipinski definition) is 2. The molecular formula is C12H26N4O. The van der Waals surface area contributed by atoms with Crippen LogP contribution in [0.3, 0.4) is 0 Å². The van der Waals surface area contributed by atoms with Crippen LogP contribution in [0.25, 0.3) is 0 Å². The molecular weight excluding hydrogens is 216 g/mol. The van der Waals surface area contributed by atoms with Gasteiger partial charge in [0.25, 0.3) is 0 Å². The van der Waals surface area contributed by atoms with E-state index in [1.54, 1.807) is 0 Å². The summed E-state index contributed by atoms with van der Waals surface area (Å²) < 4.78 is 0. The van der Waals surface area contributed by atoms with Crippen LogP contribution in [0.5, 0.6) is 0 Å². The van der Waals surface area contributed by atoms with Gasteiger partial charge in [0.05, 0.1) is 6.54 Å². The number of primary amides is 1. The standard InChI is InChI=1S/C12H26N4O/c1-12(2,3)14-4-5-15-6-8-16(9-7-15)10-11(13)17/h14H,4-10H2,1-3H3,(H2,13,17). The van der Waals surface area contributed by atoms with Crippen molar-refractivity contribution in [3.8, 4) is 0 Å². The van der Waals surface area contributed by atoms with Crippen molar-refractivity contribution in [2.24, 2.45) is 5.73 Å². The van der Waals surface area contributed by atoms with Crippen LogP contribution < -0.4 is 11.1 Å². The molecule has 1 rings (SSSR count). The Hall–Kier alpha value is -0.650. The van der Waals surface area contributed by atoms with Gasteiger partial charge in [0.1, 0.15) is 0 Å². The molecule has 0 atom stereocenters. The summed E-state index contributed by atoms with van der Waals surface area (Å²) in [7, 11) is 0. The van der Waals surface area contributed by atoms with Crippen LogP contribution in [0.15, 0.2) is 0 Å². The number of nitrogens with zero attached hydrogens (tertiary/aromatic N) is 2. The Morgan fingerprint density at radius 3 is 2.18 bits per heavy atom.